The second-order valence-corrected chi connectivity index (χ2v) is 2.67. The molecule has 1 aliphatic heterocycles. The fourth-order valence-electron chi connectivity index (χ4n) is 0.977. The van der Waals surface area contributed by atoms with Crippen LogP contribution in [-0.4, -0.2) is 30.0 Å². The molecule has 66 valence electrons. The summed E-state index contributed by atoms with van der Waals surface area (Å²) in [6.07, 6.45) is -0.265. The number of ether oxygens (including phenoxy) is 2. The molecule has 0 aliphatic carbocycles. The van der Waals surface area contributed by atoms with Crippen molar-refractivity contribution in [2.45, 2.75) is 6.10 Å². The van der Waals surface area contributed by atoms with Gasteiger partial charge >= 0.3 is 0 Å². The highest BCUT2D eigenvalue weighted by Crippen LogP contribution is 2.19. The first-order valence-corrected chi connectivity index (χ1v) is 3.92. The zero-order valence-electron chi connectivity index (χ0n) is 6.20. The van der Waals surface area contributed by atoms with E-state index in [1.54, 1.807) is 0 Å². The average Bonchev–Trinajstić information content (AvgIpc) is 2.54. The predicted octanol–water partition coefficient (Wildman–Crippen LogP) is 0.811. The van der Waals surface area contributed by atoms with Gasteiger partial charge in [-0.25, -0.2) is 0 Å². The van der Waals surface area contributed by atoms with E-state index in [-0.39, 0.29) is 11.4 Å². The van der Waals surface area contributed by atoms with Crippen LogP contribution in [0.5, 0.6) is 0 Å². The highest BCUT2D eigenvalue weighted by atomic mass is 35.5. The van der Waals surface area contributed by atoms with E-state index in [0.717, 1.165) is 0 Å². The molecule has 1 aliphatic rings. The molecule has 2 rings (SSSR count). The minimum atomic E-state index is -0.265. The van der Waals surface area contributed by atoms with Crippen LogP contribution in [0.4, 0.5) is 0 Å². The van der Waals surface area contributed by atoms with Gasteiger partial charge in [0.1, 0.15) is 0 Å². The van der Waals surface area contributed by atoms with E-state index in [0.29, 0.717) is 25.7 Å². The Kier molecular flexibility index (Phi) is 2.25. The molecule has 0 N–H and O–H groups in total. The predicted molar refractivity (Wildman–Crippen MR) is 38.8 cm³/mol. The third-order valence-electron chi connectivity index (χ3n) is 1.51. The van der Waals surface area contributed by atoms with Gasteiger partial charge < -0.3 is 14.0 Å². The number of aromatic nitrogens is 2. The second kappa shape index (κ2) is 3.38. The van der Waals surface area contributed by atoms with Gasteiger partial charge in [-0.3, -0.25) is 0 Å². The van der Waals surface area contributed by atoms with Gasteiger partial charge in [0.25, 0.3) is 11.2 Å². The van der Waals surface area contributed by atoms with E-state index in [4.69, 9.17) is 25.6 Å². The number of hydrogen-bond donors (Lipinski definition) is 0. The molecule has 0 aromatic carbocycles. The first-order valence-electron chi connectivity index (χ1n) is 3.55. The van der Waals surface area contributed by atoms with Crippen molar-refractivity contribution in [3.8, 4) is 0 Å². The maximum atomic E-state index is 5.47. The molecule has 0 saturated carbocycles. The molecular weight excluding hydrogens is 184 g/mol. The number of halogens is 1. The molecule has 2 heterocycles. The highest BCUT2D eigenvalue weighted by Gasteiger charge is 2.22. The number of hydrogen-bond acceptors (Lipinski definition) is 5. The monoisotopic (exact) mass is 190 g/mol. The fourth-order valence-corrected chi connectivity index (χ4v) is 1.10. The van der Waals surface area contributed by atoms with Crippen molar-refractivity contribution < 1.29 is 14.0 Å². The third kappa shape index (κ3) is 1.57. The number of nitrogens with zero attached hydrogens (tertiary/aromatic N) is 2. The van der Waals surface area contributed by atoms with E-state index < -0.39 is 0 Å². The Morgan fingerprint density at radius 2 is 2.33 bits per heavy atom. The van der Waals surface area contributed by atoms with Gasteiger partial charge in [0.15, 0.2) is 6.10 Å². The van der Waals surface area contributed by atoms with Crippen LogP contribution in [0.25, 0.3) is 0 Å². The average molecular weight is 191 g/mol. The molecule has 1 fully saturated rings. The summed E-state index contributed by atoms with van der Waals surface area (Å²) in [6.45, 7) is 1.60. The lowest BCUT2D eigenvalue weighted by molar-refractivity contribution is -0.101. The summed E-state index contributed by atoms with van der Waals surface area (Å²) in [7, 11) is 0. The Bertz CT molecular complexity index is 259. The molecule has 6 heteroatoms. The first kappa shape index (κ1) is 7.97. The summed E-state index contributed by atoms with van der Waals surface area (Å²) in [5.74, 6) is 0.375. The summed E-state index contributed by atoms with van der Waals surface area (Å²) < 4.78 is 15.3. The summed E-state index contributed by atoms with van der Waals surface area (Å²) in [5.41, 5.74) is 0. The van der Waals surface area contributed by atoms with Crippen LogP contribution >= 0.6 is 11.6 Å². The summed E-state index contributed by atoms with van der Waals surface area (Å²) in [6, 6.07) is 0. The van der Waals surface area contributed by atoms with E-state index in [1.807, 2.05) is 0 Å². The molecule has 1 atom stereocenters. The Morgan fingerprint density at radius 1 is 1.42 bits per heavy atom. The highest BCUT2D eigenvalue weighted by molar-refractivity contribution is 6.28. The van der Waals surface area contributed by atoms with Gasteiger partial charge in [0, 0.05) is 0 Å². The van der Waals surface area contributed by atoms with Gasteiger partial charge in [0.2, 0.25) is 0 Å². The second-order valence-electron chi connectivity index (χ2n) is 2.34. The van der Waals surface area contributed by atoms with Crippen molar-refractivity contribution >= 4 is 11.6 Å². The Hall–Kier alpha value is -0.650. The summed E-state index contributed by atoms with van der Waals surface area (Å²) in [5, 5.41) is 3.53. The fraction of sp³-hybridized carbons (Fsp3) is 0.667. The van der Waals surface area contributed by atoms with Gasteiger partial charge in [0.05, 0.1) is 19.8 Å². The number of rotatable bonds is 1. The lowest BCUT2D eigenvalue weighted by atomic mass is 10.3. The molecule has 0 radical (unpaired) electrons. The maximum Gasteiger partial charge on any atom is 0.263 e. The summed E-state index contributed by atoms with van der Waals surface area (Å²) in [4.78, 5) is 3.82. The van der Waals surface area contributed by atoms with E-state index in [9.17, 15) is 0 Å². The standard InChI is InChI=1S/C6H7ClN2O3/c7-6-8-5(12-9-6)4-3-10-1-2-11-4/h4H,1-3H2. The van der Waals surface area contributed by atoms with Gasteiger partial charge in [-0.2, -0.15) is 4.98 Å². The van der Waals surface area contributed by atoms with Gasteiger partial charge in [-0.1, -0.05) is 0 Å². The van der Waals surface area contributed by atoms with Crippen LogP contribution in [-0.2, 0) is 9.47 Å². The van der Waals surface area contributed by atoms with E-state index >= 15 is 0 Å². The van der Waals surface area contributed by atoms with E-state index in [1.165, 1.54) is 0 Å². The molecule has 0 amide bonds. The van der Waals surface area contributed by atoms with Crippen molar-refractivity contribution in [3.63, 3.8) is 0 Å². The van der Waals surface area contributed by atoms with Crippen molar-refractivity contribution in [1.82, 2.24) is 10.1 Å². The normalized spacial score (nSPS) is 24.2. The third-order valence-corrected chi connectivity index (χ3v) is 1.66. The largest absolute Gasteiger partial charge is 0.376 e. The van der Waals surface area contributed by atoms with Crippen LogP contribution in [0.3, 0.4) is 0 Å². The molecule has 1 aromatic heterocycles. The van der Waals surface area contributed by atoms with Gasteiger partial charge in [-0.15, -0.1) is 0 Å². The minimum absolute atomic E-state index is 0.0965. The van der Waals surface area contributed by atoms with Crippen molar-refractivity contribution in [2.75, 3.05) is 19.8 Å². The van der Waals surface area contributed by atoms with Crippen LogP contribution in [0.1, 0.15) is 12.0 Å². The Morgan fingerprint density at radius 3 is 2.92 bits per heavy atom. The lowest BCUT2D eigenvalue weighted by Gasteiger charge is -2.19. The zero-order chi connectivity index (χ0) is 8.39. The van der Waals surface area contributed by atoms with Gasteiger partial charge in [-0.05, 0) is 16.8 Å². The quantitative estimate of drug-likeness (QED) is 0.656. The molecule has 0 spiro atoms. The molecule has 1 saturated heterocycles. The summed E-state index contributed by atoms with van der Waals surface area (Å²) >= 11 is 5.47. The SMILES string of the molecule is Clc1noc(C2COCCO2)n1. The van der Waals surface area contributed by atoms with Crippen molar-refractivity contribution in [3.05, 3.63) is 11.2 Å². The zero-order valence-corrected chi connectivity index (χ0v) is 6.95. The molecule has 0 bridgehead atoms. The van der Waals surface area contributed by atoms with Crippen LogP contribution in [0.15, 0.2) is 4.52 Å². The topological polar surface area (TPSA) is 57.4 Å². The molecule has 1 aromatic rings. The van der Waals surface area contributed by atoms with Crippen LogP contribution in [0, 0.1) is 0 Å². The van der Waals surface area contributed by atoms with Crippen molar-refractivity contribution in [1.29, 1.82) is 0 Å². The molecule has 12 heavy (non-hydrogen) atoms. The van der Waals surface area contributed by atoms with Crippen LogP contribution in [0.2, 0.25) is 5.28 Å². The first-order chi connectivity index (χ1) is 5.86. The van der Waals surface area contributed by atoms with E-state index in [2.05, 4.69) is 10.1 Å². The molecular formula is C6H7ClN2O3. The molecule has 1 unspecified atom stereocenters. The Balaban J connectivity index is 2.08. The minimum Gasteiger partial charge on any atom is -0.376 e. The maximum absolute atomic E-state index is 5.47. The lowest BCUT2D eigenvalue weighted by Crippen LogP contribution is -2.22. The molecule has 5 nitrogen and oxygen atoms in total. The Labute approximate surface area is 73.6 Å². The van der Waals surface area contributed by atoms with Crippen LogP contribution < -0.4 is 0 Å². The smallest absolute Gasteiger partial charge is 0.263 e. The van der Waals surface area contributed by atoms with Crippen molar-refractivity contribution in [2.24, 2.45) is 0 Å².